The second-order valence-corrected chi connectivity index (χ2v) is 13.7. The molecule has 0 saturated carbocycles. The zero-order chi connectivity index (χ0) is 36.3. The summed E-state index contributed by atoms with van der Waals surface area (Å²) in [4.78, 5) is 25.0. The third-order valence-electron chi connectivity index (χ3n) is 8.30. The van der Waals surface area contributed by atoms with E-state index in [9.17, 15) is 10.3 Å². The summed E-state index contributed by atoms with van der Waals surface area (Å²) in [6, 6.07) is 37.1. The first-order chi connectivity index (χ1) is 25.4. The molecule has 0 spiro atoms. The molecule has 0 aliphatic carbocycles. The van der Waals surface area contributed by atoms with E-state index in [2.05, 4.69) is 20.9 Å². The molecule has 0 radical (unpaired) electrons. The zero-order valence-electron chi connectivity index (χ0n) is 27.8. The Labute approximate surface area is 315 Å². The second-order valence-electron chi connectivity index (χ2n) is 11.8. The van der Waals surface area contributed by atoms with Crippen LogP contribution in [0.4, 0.5) is 5.69 Å². The Morgan fingerprint density at radius 2 is 1.69 bits per heavy atom. The number of nitrogens with one attached hydrogen (secondary N) is 2. The summed E-state index contributed by atoms with van der Waals surface area (Å²) in [6.07, 6.45) is -0.526. The van der Waals surface area contributed by atoms with Gasteiger partial charge in [0.05, 0.1) is 6.61 Å². The number of carbonyl (C=O) groups is 1. The van der Waals surface area contributed by atoms with Gasteiger partial charge in [0.2, 0.25) is 5.90 Å². The Bertz CT molecular complexity index is 2100. The largest absolute Gasteiger partial charge is 0.494 e. The fraction of sp³-hybridized carbons (Fsp3) is 0.179. The molecule has 264 valence electrons. The van der Waals surface area contributed by atoms with Gasteiger partial charge in [-0.1, -0.05) is 107 Å². The van der Waals surface area contributed by atoms with Gasteiger partial charge >= 0.3 is 0 Å². The quantitative estimate of drug-likeness (QED) is 0.0320. The minimum absolute atomic E-state index is 0.00830. The van der Waals surface area contributed by atoms with Crippen molar-refractivity contribution in [2.24, 2.45) is 10.1 Å². The molecule has 1 amide bonds. The summed E-state index contributed by atoms with van der Waals surface area (Å²) < 4.78 is 12.3. The van der Waals surface area contributed by atoms with E-state index in [1.54, 1.807) is 78.5 Å². The summed E-state index contributed by atoms with van der Waals surface area (Å²) in [7, 11) is 0. The number of hydrazine groups is 1. The minimum Gasteiger partial charge on any atom is -0.494 e. The van der Waals surface area contributed by atoms with Gasteiger partial charge < -0.3 is 14.6 Å². The van der Waals surface area contributed by atoms with Crippen LogP contribution in [0.1, 0.15) is 34.8 Å². The SMILES string of the molecule is [N-]=[N+]=Nc1ccccc1C[C@]1(C(=O)NNCc2ccccc2Sc2ccccc2)N=C(c2ccc(OCCCO)cc2)O[C@H]1c1ccc(Cl)cc1Cl. The molecule has 5 aromatic rings. The Balaban J connectivity index is 1.38. The average molecular weight is 754 g/mol. The maximum absolute atomic E-state index is 14.8. The van der Waals surface area contributed by atoms with E-state index in [0.29, 0.717) is 57.7 Å². The highest BCUT2D eigenvalue weighted by Gasteiger charge is 2.54. The first-order valence-electron chi connectivity index (χ1n) is 16.4. The topological polar surface area (TPSA) is 141 Å². The van der Waals surface area contributed by atoms with Crippen LogP contribution in [0.15, 0.2) is 141 Å². The van der Waals surface area contributed by atoms with E-state index in [0.717, 1.165) is 15.4 Å². The maximum atomic E-state index is 14.8. The highest BCUT2D eigenvalue weighted by atomic mass is 35.5. The number of amides is 1. The van der Waals surface area contributed by atoms with Gasteiger partial charge in [0.25, 0.3) is 5.91 Å². The smallest absolute Gasteiger partial charge is 0.266 e. The minimum atomic E-state index is -1.64. The standard InChI is InChI=1S/C39H34Cl2N6O4S/c40-29-17-20-32(33(41)23-29)36-39(24-27-9-4-6-13-34(27)45-47-42,44-37(51-36)26-15-18-30(19-16-26)50-22-8-21-48)38(49)46-43-25-28-10-5-7-14-35(28)52-31-11-2-1-3-12-31/h1-7,9-20,23,36,43,48H,8,21-22,24-25H2,(H,46,49)/t36-,39-/m0/s1. The van der Waals surface area contributed by atoms with Crippen LogP contribution in [0.2, 0.25) is 10.0 Å². The Morgan fingerprint density at radius 1 is 0.962 bits per heavy atom. The summed E-state index contributed by atoms with van der Waals surface area (Å²) in [5.74, 6) is 0.320. The molecule has 0 saturated heterocycles. The van der Waals surface area contributed by atoms with E-state index in [-0.39, 0.29) is 18.9 Å². The molecule has 1 heterocycles. The molecule has 3 N–H and O–H groups in total. The van der Waals surface area contributed by atoms with E-state index in [1.165, 1.54) is 0 Å². The molecule has 5 aromatic carbocycles. The molecule has 1 aliphatic rings. The summed E-state index contributed by atoms with van der Waals surface area (Å²) in [6.45, 7) is 0.702. The number of hydrogen-bond acceptors (Lipinski definition) is 8. The molecule has 1 aliphatic heterocycles. The van der Waals surface area contributed by atoms with Gasteiger partial charge in [-0.2, -0.15) is 0 Å². The van der Waals surface area contributed by atoms with Gasteiger partial charge in [-0.3, -0.25) is 10.2 Å². The molecule has 13 heteroatoms. The Morgan fingerprint density at radius 3 is 2.44 bits per heavy atom. The number of ether oxygens (including phenoxy) is 2. The lowest BCUT2D eigenvalue weighted by atomic mass is 9.81. The van der Waals surface area contributed by atoms with Gasteiger partial charge in [0, 0.05) is 67.6 Å². The van der Waals surface area contributed by atoms with Crippen molar-refractivity contribution < 1.29 is 19.4 Å². The van der Waals surface area contributed by atoms with Gasteiger partial charge in [0.15, 0.2) is 11.6 Å². The molecule has 0 fully saturated rings. The van der Waals surface area contributed by atoms with E-state index >= 15 is 0 Å². The Hall–Kier alpha value is -5.00. The van der Waals surface area contributed by atoms with Crippen LogP contribution in [0.5, 0.6) is 5.75 Å². The molecule has 10 nitrogen and oxygen atoms in total. The molecule has 0 bridgehead atoms. The number of halogens is 2. The summed E-state index contributed by atoms with van der Waals surface area (Å²) >= 11 is 14.7. The summed E-state index contributed by atoms with van der Waals surface area (Å²) in [5, 5.41) is 13.7. The number of rotatable bonds is 15. The number of azide groups is 1. The van der Waals surface area contributed by atoms with Crippen molar-refractivity contribution in [2.45, 2.75) is 40.8 Å². The van der Waals surface area contributed by atoms with Crippen molar-refractivity contribution in [3.8, 4) is 5.75 Å². The predicted octanol–water partition coefficient (Wildman–Crippen LogP) is 9.17. The Kier molecular flexibility index (Phi) is 12.4. The van der Waals surface area contributed by atoms with Crippen LogP contribution >= 0.6 is 35.0 Å². The number of hydrogen-bond donors (Lipinski definition) is 3. The highest BCUT2D eigenvalue weighted by molar-refractivity contribution is 7.99. The van der Waals surface area contributed by atoms with Crippen molar-refractivity contribution in [1.29, 1.82) is 0 Å². The van der Waals surface area contributed by atoms with Gasteiger partial charge in [-0.25, -0.2) is 10.4 Å². The molecular weight excluding hydrogens is 719 g/mol. The molecule has 6 rings (SSSR count). The first-order valence-corrected chi connectivity index (χ1v) is 18.0. The molecule has 0 unspecified atom stereocenters. The van der Waals surface area contributed by atoms with Crippen molar-refractivity contribution in [2.75, 3.05) is 13.2 Å². The van der Waals surface area contributed by atoms with Crippen molar-refractivity contribution in [3.63, 3.8) is 0 Å². The highest BCUT2D eigenvalue weighted by Crippen LogP contribution is 2.46. The van der Waals surface area contributed by atoms with Crippen LogP contribution in [0.25, 0.3) is 10.4 Å². The third-order valence-corrected chi connectivity index (χ3v) is 9.99. The monoisotopic (exact) mass is 752 g/mol. The molecule has 0 aromatic heterocycles. The number of aliphatic imine (C=N–C) groups is 1. The molecular formula is C39H34Cl2N6O4S. The number of aliphatic hydroxyl groups is 1. The molecule has 2 atom stereocenters. The van der Waals surface area contributed by atoms with Crippen LogP contribution < -0.4 is 15.6 Å². The van der Waals surface area contributed by atoms with E-state index in [4.69, 9.17) is 42.8 Å². The van der Waals surface area contributed by atoms with E-state index in [1.807, 2.05) is 54.6 Å². The second kappa shape index (κ2) is 17.5. The number of nitrogens with zero attached hydrogens (tertiary/aromatic N) is 4. The lowest BCUT2D eigenvalue weighted by Crippen LogP contribution is -2.53. The predicted molar refractivity (Wildman–Crippen MR) is 204 cm³/mol. The fourth-order valence-corrected chi connectivity index (χ4v) is 7.24. The normalized spacial score (nSPS) is 16.4. The number of benzene rings is 5. The van der Waals surface area contributed by atoms with Crippen LogP contribution in [-0.4, -0.2) is 35.7 Å². The fourth-order valence-electron chi connectivity index (χ4n) is 5.76. The van der Waals surface area contributed by atoms with Crippen molar-refractivity contribution >= 4 is 52.5 Å². The first kappa shape index (κ1) is 36.8. The average Bonchev–Trinajstić information content (AvgIpc) is 3.54. The lowest BCUT2D eigenvalue weighted by Gasteiger charge is -2.31. The maximum Gasteiger partial charge on any atom is 0.266 e. The van der Waals surface area contributed by atoms with Gasteiger partial charge in [0.1, 0.15) is 5.75 Å². The van der Waals surface area contributed by atoms with Crippen LogP contribution in [-0.2, 0) is 22.5 Å². The van der Waals surface area contributed by atoms with Crippen LogP contribution in [0, 0.1) is 0 Å². The molecule has 52 heavy (non-hydrogen) atoms. The number of aliphatic hydroxyl groups excluding tert-OH is 1. The van der Waals surface area contributed by atoms with Crippen molar-refractivity contribution in [3.05, 3.63) is 164 Å². The van der Waals surface area contributed by atoms with Gasteiger partial charge in [-0.15, -0.1) is 0 Å². The van der Waals surface area contributed by atoms with Crippen LogP contribution in [0.3, 0.4) is 0 Å². The number of carbonyl (C=O) groups excluding carboxylic acids is 1. The van der Waals surface area contributed by atoms with Gasteiger partial charge in [-0.05, 0) is 71.3 Å². The van der Waals surface area contributed by atoms with E-state index < -0.39 is 17.6 Å². The van der Waals surface area contributed by atoms with Crippen molar-refractivity contribution in [1.82, 2.24) is 10.9 Å². The third kappa shape index (κ3) is 8.71. The lowest BCUT2D eigenvalue weighted by molar-refractivity contribution is -0.130. The zero-order valence-corrected chi connectivity index (χ0v) is 30.1. The summed E-state index contributed by atoms with van der Waals surface area (Å²) in [5.41, 5.74) is 16.8.